The Labute approximate surface area is 184 Å². The van der Waals surface area contributed by atoms with Gasteiger partial charge in [0, 0.05) is 6.04 Å². The Morgan fingerprint density at radius 2 is 1.81 bits per heavy atom. The van der Waals surface area contributed by atoms with Gasteiger partial charge in [-0.2, -0.15) is 23.7 Å². The van der Waals surface area contributed by atoms with Crippen LogP contribution in [0.2, 0.25) is 0 Å². The van der Waals surface area contributed by atoms with Crippen molar-refractivity contribution in [3.63, 3.8) is 0 Å². The lowest BCUT2D eigenvalue weighted by Gasteiger charge is -2.31. The maximum Gasteiger partial charge on any atom is 0.416 e. The number of hydrogen-bond donors (Lipinski definition) is 1. The molecule has 1 saturated carbocycles. The Balaban J connectivity index is 1.51. The Kier molecular flexibility index (Phi) is 7.28. The first-order valence-electron chi connectivity index (χ1n) is 10.4. The minimum atomic E-state index is -4.56. The number of alkyl halides is 3. The highest BCUT2D eigenvalue weighted by molar-refractivity contribution is 5.80. The molecule has 2 aliphatic rings. The van der Waals surface area contributed by atoms with Crippen LogP contribution in [0, 0.1) is 35.0 Å². The van der Waals surface area contributed by atoms with Gasteiger partial charge in [0.15, 0.2) is 0 Å². The Morgan fingerprint density at radius 1 is 1.12 bits per heavy atom. The van der Waals surface area contributed by atoms with Crippen LogP contribution in [0.25, 0.3) is 0 Å². The van der Waals surface area contributed by atoms with Crippen LogP contribution < -0.4 is 10.1 Å². The molecule has 1 saturated heterocycles. The summed E-state index contributed by atoms with van der Waals surface area (Å²) in [6.07, 6.45) is 4.40. The largest absolute Gasteiger partial charge is 0.490 e. The van der Waals surface area contributed by atoms with Crippen molar-refractivity contribution in [1.29, 1.82) is 10.5 Å². The van der Waals surface area contributed by atoms with Crippen molar-refractivity contribution < 1.29 is 22.7 Å². The van der Waals surface area contributed by atoms with Crippen LogP contribution in [0.1, 0.15) is 49.7 Å². The highest BCUT2D eigenvalue weighted by Crippen LogP contribution is 2.34. The molecule has 1 aromatic rings. The average Bonchev–Trinajstić information content (AvgIpc) is 3.21. The first kappa shape index (κ1) is 23.4. The van der Waals surface area contributed by atoms with E-state index in [1.165, 1.54) is 11.0 Å². The molecule has 0 spiro atoms. The number of hydrogen-bond acceptors (Lipinski definition) is 5. The summed E-state index contributed by atoms with van der Waals surface area (Å²) >= 11 is 0. The molecule has 2 atom stereocenters. The standard InChI is InChI=1S/C23H23F3N4O2/c1-2-18-5-6-19(13-28)30(18)22(31)14-29-17-3-7-20(8-4-17)32-21-10-15(12-27)9-16(11-21)23(24,25)26/h1,9-11,17-20,29H,3-8,14H2. The molecule has 1 amide bonds. The van der Waals surface area contributed by atoms with Gasteiger partial charge in [-0.15, -0.1) is 6.42 Å². The second-order valence-electron chi connectivity index (χ2n) is 8.03. The fraction of sp³-hybridized carbons (Fsp3) is 0.522. The monoisotopic (exact) mass is 444 g/mol. The van der Waals surface area contributed by atoms with E-state index in [1.54, 1.807) is 6.07 Å². The number of nitriles is 2. The summed E-state index contributed by atoms with van der Waals surface area (Å²) in [5.41, 5.74) is -1.02. The Morgan fingerprint density at radius 3 is 2.41 bits per heavy atom. The third-order valence-electron chi connectivity index (χ3n) is 5.90. The number of nitrogens with one attached hydrogen (secondary N) is 1. The summed E-state index contributed by atoms with van der Waals surface area (Å²) in [6.45, 7) is 0.0751. The molecule has 1 aliphatic carbocycles. The number of ether oxygens (including phenoxy) is 1. The molecule has 3 rings (SSSR count). The molecule has 32 heavy (non-hydrogen) atoms. The smallest absolute Gasteiger partial charge is 0.416 e. The molecule has 0 bridgehead atoms. The number of amides is 1. The quantitative estimate of drug-likeness (QED) is 0.704. The number of terminal acetylenes is 1. The van der Waals surface area contributed by atoms with Gasteiger partial charge in [-0.05, 0) is 56.7 Å². The molecule has 6 nitrogen and oxygen atoms in total. The molecule has 2 fully saturated rings. The van der Waals surface area contributed by atoms with E-state index >= 15 is 0 Å². The first-order chi connectivity index (χ1) is 15.2. The number of benzene rings is 1. The molecule has 0 radical (unpaired) electrons. The maximum atomic E-state index is 13.0. The van der Waals surface area contributed by atoms with Gasteiger partial charge in [0.2, 0.25) is 5.91 Å². The van der Waals surface area contributed by atoms with Crippen molar-refractivity contribution in [2.24, 2.45) is 0 Å². The van der Waals surface area contributed by atoms with E-state index in [9.17, 15) is 23.2 Å². The van der Waals surface area contributed by atoms with Crippen molar-refractivity contribution in [1.82, 2.24) is 10.2 Å². The number of likely N-dealkylation sites (tertiary alicyclic amines) is 1. The van der Waals surface area contributed by atoms with E-state index in [4.69, 9.17) is 16.4 Å². The molecule has 168 valence electrons. The fourth-order valence-corrected chi connectivity index (χ4v) is 4.24. The lowest BCUT2D eigenvalue weighted by molar-refractivity contribution is -0.137. The van der Waals surface area contributed by atoms with Crippen molar-refractivity contribution in [3.8, 4) is 30.2 Å². The summed E-state index contributed by atoms with van der Waals surface area (Å²) in [4.78, 5) is 14.1. The lowest BCUT2D eigenvalue weighted by Crippen LogP contribution is -2.47. The van der Waals surface area contributed by atoms with E-state index in [-0.39, 0.29) is 42.0 Å². The Bertz CT molecular complexity index is 943. The second-order valence-corrected chi connectivity index (χ2v) is 8.03. The van der Waals surface area contributed by atoms with Gasteiger partial charge in [-0.25, -0.2) is 0 Å². The van der Waals surface area contributed by atoms with Crippen LogP contribution in [0.3, 0.4) is 0 Å². The SMILES string of the molecule is C#CC1CCC(C#N)N1C(=O)CNC1CCC(Oc2cc(C#N)cc(C(F)(F)F)c2)CC1. The summed E-state index contributed by atoms with van der Waals surface area (Å²) in [6, 6.07) is 6.07. The van der Waals surface area contributed by atoms with Gasteiger partial charge >= 0.3 is 6.18 Å². The number of nitrogens with zero attached hydrogens (tertiary/aromatic N) is 3. The molecule has 1 heterocycles. The van der Waals surface area contributed by atoms with Gasteiger partial charge in [0.1, 0.15) is 11.8 Å². The summed E-state index contributed by atoms with van der Waals surface area (Å²) < 4.78 is 44.8. The predicted molar refractivity (Wildman–Crippen MR) is 109 cm³/mol. The molecular weight excluding hydrogens is 421 g/mol. The van der Waals surface area contributed by atoms with Crippen molar-refractivity contribution in [3.05, 3.63) is 29.3 Å². The molecule has 9 heteroatoms. The normalized spacial score (nSPS) is 25.4. The fourth-order valence-electron chi connectivity index (χ4n) is 4.24. The zero-order valence-electron chi connectivity index (χ0n) is 17.4. The number of rotatable bonds is 5. The third-order valence-corrected chi connectivity index (χ3v) is 5.90. The van der Waals surface area contributed by atoms with E-state index in [2.05, 4.69) is 17.3 Å². The van der Waals surface area contributed by atoms with Crippen LogP contribution in [0.5, 0.6) is 5.75 Å². The Hall–Kier alpha value is -3.22. The highest BCUT2D eigenvalue weighted by Gasteiger charge is 2.36. The molecule has 1 N–H and O–H groups in total. The summed E-state index contributed by atoms with van der Waals surface area (Å²) in [5.74, 6) is 2.39. The van der Waals surface area contributed by atoms with Crippen LogP contribution >= 0.6 is 0 Å². The van der Waals surface area contributed by atoms with Gasteiger partial charge < -0.3 is 15.0 Å². The van der Waals surface area contributed by atoms with Gasteiger partial charge in [0.25, 0.3) is 0 Å². The van der Waals surface area contributed by atoms with E-state index in [1.807, 2.05) is 0 Å². The highest BCUT2D eigenvalue weighted by atomic mass is 19.4. The van der Waals surface area contributed by atoms with E-state index in [0.29, 0.717) is 38.5 Å². The average molecular weight is 444 g/mol. The topological polar surface area (TPSA) is 89.2 Å². The van der Waals surface area contributed by atoms with Gasteiger partial charge in [-0.3, -0.25) is 4.79 Å². The van der Waals surface area contributed by atoms with E-state index in [0.717, 1.165) is 12.1 Å². The molecule has 1 aromatic carbocycles. The molecular formula is C23H23F3N4O2. The van der Waals surface area contributed by atoms with E-state index < -0.39 is 17.8 Å². The van der Waals surface area contributed by atoms with Crippen LogP contribution in [-0.4, -0.2) is 41.6 Å². The lowest BCUT2D eigenvalue weighted by atomic mass is 9.93. The number of carbonyl (C=O) groups excluding carboxylic acids is 1. The summed E-state index contributed by atoms with van der Waals surface area (Å²) in [7, 11) is 0. The molecule has 0 aromatic heterocycles. The number of halogens is 3. The maximum absolute atomic E-state index is 13.0. The zero-order valence-corrected chi connectivity index (χ0v) is 17.4. The third kappa shape index (κ3) is 5.52. The van der Waals surface area contributed by atoms with Crippen molar-refractivity contribution >= 4 is 5.91 Å². The second kappa shape index (κ2) is 9.94. The van der Waals surface area contributed by atoms with Gasteiger partial charge in [0.05, 0.1) is 42.0 Å². The van der Waals surface area contributed by atoms with Crippen LogP contribution in [0.4, 0.5) is 13.2 Å². The minimum Gasteiger partial charge on any atom is -0.490 e. The van der Waals surface area contributed by atoms with Crippen molar-refractivity contribution in [2.45, 2.75) is 68.9 Å². The zero-order chi connectivity index (χ0) is 23.3. The number of carbonyl (C=O) groups is 1. The minimum absolute atomic E-state index is 0.0277. The summed E-state index contributed by atoms with van der Waals surface area (Å²) in [5, 5.41) is 21.4. The van der Waals surface area contributed by atoms with Crippen LogP contribution in [0.15, 0.2) is 18.2 Å². The molecule has 2 unspecified atom stereocenters. The predicted octanol–water partition coefficient (Wildman–Crippen LogP) is 3.37. The first-order valence-corrected chi connectivity index (χ1v) is 10.4. The van der Waals surface area contributed by atoms with Gasteiger partial charge in [-0.1, -0.05) is 5.92 Å². The van der Waals surface area contributed by atoms with Crippen LogP contribution in [-0.2, 0) is 11.0 Å². The molecule has 1 aliphatic heterocycles. The van der Waals surface area contributed by atoms with Crippen molar-refractivity contribution in [2.75, 3.05) is 6.54 Å².